The molecule has 0 aromatic heterocycles. The van der Waals surface area contributed by atoms with Crippen LogP contribution in [0.5, 0.6) is 0 Å². The number of hydrogen-bond donors (Lipinski definition) is 2. The predicted octanol–water partition coefficient (Wildman–Crippen LogP) is 1.53. The maximum Gasteiger partial charge on any atom is 0.308 e. The molecule has 0 saturated carbocycles. The Kier molecular flexibility index (Phi) is 11.8. The topological polar surface area (TPSA) is 93.1 Å². The summed E-state index contributed by atoms with van der Waals surface area (Å²) in [7, 11) is 0. The molecule has 0 spiro atoms. The van der Waals surface area contributed by atoms with E-state index in [1.807, 2.05) is 0 Å². The summed E-state index contributed by atoms with van der Waals surface area (Å²) in [6, 6.07) is 0. The predicted molar refractivity (Wildman–Crippen MR) is 82.0 cm³/mol. The summed E-state index contributed by atoms with van der Waals surface area (Å²) in [5.41, 5.74) is 0. The molecule has 0 fully saturated rings. The van der Waals surface area contributed by atoms with E-state index in [1.165, 1.54) is 0 Å². The van der Waals surface area contributed by atoms with Gasteiger partial charge in [0.25, 0.3) is 0 Å². The molecule has 1 unspecified atom stereocenters. The summed E-state index contributed by atoms with van der Waals surface area (Å²) in [5, 5.41) is 17.4. The van der Waals surface area contributed by atoms with Crippen LogP contribution in [-0.4, -0.2) is 48.6 Å². The molecule has 6 heteroatoms. The molecule has 0 rings (SSSR count). The summed E-state index contributed by atoms with van der Waals surface area (Å²) >= 11 is 0. The monoisotopic (exact) mass is 318 g/mol. The first-order chi connectivity index (χ1) is 10.4. The van der Waals surface area contributed by atoms with Crippen molar-refractivity contribution in [2.24, 2.45) is 17.8 Å². The molecular formula is C16H30O6. The summed E-state index contributed by atoms with van der Waals surface area (Å²) in [5.74, 6) is 0.127. The van der Waals surface area contributed by atoms with Crippen molar-refractivity contribution in [2.75, 3.05) is 26.4 Å². The van der Waals surface area contributed by atoms with Crippen molar-refractivity contribution >= 4 is 11.9 Å². The fraction of sp³-hybridized carbons (Fsp3) is 0.875. The SMILES string of the molecule is CC(C)C(C)CCC(COC(=O)CCO)COC(=O)CCO. The van der Waals surface area contributed by atoms with Crippen LogP contribution in [0.25, 0.3) is 0 Å². The lowest BCUT2D eigenvalue weighted by atomic mass is 9.90. The van der Waals surface area contributed by atoms with Gasteiger partial charge in [-0.05, 0) is 24.7 Å². The molecule has 0 radical (unpaired) electrons. The maximum absolute atomic E-state index is 11.3. The molecule has 130 valence electrons. The zero-order valence-corrected chi connectivity index (χ0v) is 13.9. The van der Waals surface area contributed by atoms with E-state index in [2.05, 4.69) is 20.8 Å². The maximum atomic E-state index is 11.3. The summed E-state index contributed by atoms with van der Waals surface area (Å²) in [4.78, 5) is 22.6. The minimum atomic E-state index is -0.453. The van der Waals surface area contributed by atoms with E-state index in [4.69, 9.17) is 19.7 Å². The molecule has 6 nitrogen and oxygen atoms in total. The second-order valence-electron chi connectivity index (χ2n) is 5.98. The number of aliphatic hydroxyl groups is 2. The van der Waals surface area contributed by atoms with Crippen molar-refractivity contribution in [2.45, 2.75) is 46.5 Å². The van der Waals surface area contributed by atoms with Gasteiger partial charge in [-0.3, -0.25) is 9.59 Å². The van der Waals surface area contributed by atoms with Crippen LogP contribution in [-0.2, 0) is 19.1 Å². The van der Waals surface area contributed by atoms with Gasteiger partial charge < -0.3 is 19.7 Å². The van der Waals surface area contributed by atoms with Crippen LogP contribution >= 0.6 is 0 Å². The number of esters is 2. The van der Waals surface area contributed by atoms with Crippen LogP contribution in [0.1, 0.15) is 46.5 Å². The van der Waals surface area contributed by atoms with Crippen molar-refractivity contribution in [3.05, 3.63) is 0 Å². The van der Waals surface area contributed by atoms with E-state index in [9.17, 15) is 9.59 Å². The summed E-state index contributed by atoms with van der Waals surface area (Å²) in [6.07, 6.45) is 1.69. The van der Waals surface area contributed by atoms with Crippen LogP contribution in [0.3, 0.4) is 0 Å². The Bertz CT molecular complexity index is 294. The molecule has 2 N–H and O–H groups in total. The standard InChI is InChI=1S/C16H30O6/c1-12(2)13(3)4-5-14(10-21-15(19)6-8-17)11-22-16(20)7-9-18/h12-14,17-18H,4-11H2,1-3H3. The van der Waals surface area contributed by atoms with Crippen molar-refractivity contribution in [1.82, 2.24) is 0 Å². The van der Waals surface area contributed by atoms with E-state index < -0.39 is 11.9 Å². The highest BCUT2D eigenvalue weighted by atomic mass is 16.5. The average Bonchev–Trinajstić information content (AvgIpc) is 2.46. The van der Waals surface area contributed by atoms with Crippen LogP contribution in [0.15, 0.2) is 0 Å². The first-order valence-electron chi connectivity index (χ1n) is 7.93. The van der Waals surface area contributed by atoms with Gasteiger partial charge in [0.2, 0.25) is 0 Å². The van der Waals surface area contributed by atoms with Gasteiger partial charge in [0.15, 0.2) is 0 Å². The van der Waals surface area contributed by atoms with Crippen LogP contribution in [0.4, 0.5) is 0 Å². The highest BCUT2D eigenvalue weighted by molar-refractivity contribution is 5.69. The summed E-state index contributed by atoms with van der Waals surface area (Å²) < 4.78 is 10.2. The molecule has 0 heterocycles. The second-order valence-corrected chi connectivity index (χ2v) is 5.98. The minimum absolute atomic E-state index is 0.0284. The van der Waals surface area contributed by atoms with E-state index in [-0.39, 0.29) is 45.2 Å². The number of rotatable bonds is 12. The van der Waals surface area contributed by atoms with Gasteiger partial charge in [-0.1, -0.05) is 20.8 Å². The third-order valence-corrected chi connectivity index (χ3v) is 3.76. The average molecular weight is 318 g/mol. The minimum Gasteiger partial charge on any atom is -0.465 e. The first kappa shape index (κ1) is 20.9. The molecule has 0 aliphatic rings. The molecule has 22 heavy (non-hydrogen) atoms. The first-order valence-corrected chi connectivity index (χ1v) is 7.93. The van der Waals surface area contributed by atoms with Crippen molar-refractivity contribution in [3.8, 4) is 0 Å². The van der Waals surface area contributed by atoms with Gasteiger partial charge in [0.1, 0.15) is 0 Å². The van der Waals surface area contributed by atoms with E-state index in [0.29, 0.717) is 11.8 Å². The van der Waals surface area contributed by atoms with E-state index in [1.54, 1.807) is 0 Å². The number of ether oxygens (including phenoxy) is 2. The Hall–Kier alpha value is -1.14. The largest absolute Gasteiger partial charge is 0.465 e. The van der Waals surface area contributed by atoms with Gasteiger partial charge in [-0.25, -0.2) is 0 Å². The van der Waals surface area contributed by atoms with E-state index in [0.717, 1.165) is 12.8 Å². The highest BCUT2D eigenvalue weighted by Gasteiger charge is 2.17. The quantitative estimate of drug-likeness (QED) is 0.530. The lowest BCUT2D eigenvalue weighted by molar-refractivity contribution is -0.149. The van der Waals surface area contributed by atoms with Crippen molar-refractivity contribution in [3.63, 3.8) is 0 Å². The summed E-state index contributed by atoms with van der Waals surface area (Å²) in [6.45, 7) is 6.35. The second kappa shape index (κ2) is 12.4. The highest BCUT2D eigenvalue weighted by Crippen LogP contribution is 2.20. The molecule has 0 aliphatic heterocycles. The van der Waals surface area contributed by atoms with Crippen LogP contribution < -0.4 is 0 Å². The molecule has 0 saturated heterocycles. The Morgan fingerprint density at radius 2 is 1.32 bits per heavy atom. The normalized spacial score (nSPS) is 12.5. The third kappa shape index (κ3) is 10.6. The van der Waals surface area contributed by atoms with E-state index >= 15 is 0 Å². The fourth-order valence-electron chi connectivity index (χ4n) is 1.80. The lowest BCUT2D eigenvalue weighted by Crippen LogP contribution is -2.22. The number of aliphatic hydroxyl groups excluding tert-OH is 2. The lowest BCUT2D eigenvalue weighted by Gasteiger charge is -2.21. The smallest absolute Gasteiger partial charge is 0.308 e. The number of carbonyl (C=O) groups excluding carboxylic acids is 2. The Labute approximate surface area is 132 Å². The zero-order valence-electron chi connectivity index (χ0n) is 13.9. The molecule has 0 aliphatic carbocycles. The van der Waals surface area contributed by atoms with Crippen molar-refractivity contribution < 1.29 is 29.3 Å². The Morgan fingerprint density at radius 1 is 0.864 bits per heavy atom. The molecule has 0 bridgehead atoms. The molecular weight excluding hydrogens is 288 g/mol. The Balaban J connectivity index is 4.29. The Morgan fingerprint density at radius 3 is 1.68 bits per heavy atom. The molecule has 1 atom stereocenters. The van der Waals surface area contributed by atoms with Gasteiger partial charge in [-0.2, -0.15) is 0 Å². The fourth-order valence-corrected chi connectivity index (χ4v) is 1.80. The number of carbonyl (C=O) groups is 2. The molecule has 0 aromatic carbocycles. The van der Waals surface area contributed by atoms with Crippen LogP contribution in [0, 0.1) is 17.8 Å². The van der Waals surface area contributed by atoms with Gasteiger partial charge in [0, 0.05) is 5.92 Å². The zero-order chi connectivity index (χ0) is 17.0. The van der Waals surface area contributed by atoms with Gasteiger partial charge in [0.05, 0.1) is 39.3 Å². The molecule has 0 amide bonds. The van der Waals surface area contributed by atoms with Crippen LogP contribution in [0.2, 0.25) is 0 Å². The number of hydrogen-bond acceptors (Lipinski definition) is 6. The molecule has 0 aromatic rings. The third-order valence-electron chi connectivity index (χ3n) is 3.76. The van der Waals surface area contributed by atoms with Gasteiger partial charge >= 0.3 is 11.9 Å². The van der Waals surface area contributed by atoms with Crippen molar-refractivity contribution in [1.29, 1.82) is 0 Å². The van der Waals surface area contributed by atoms with Gasteiger partial charge in [-0.15, -0.1) is 0 Å².